The van der Waals surface area contributed by atoms with E-state index in [-0.39, 0.29) is 6.10 Å². The SMILES string of the molecule is COc1ccc(-c2[nH]ncc2CN2CC[C@@H](N3CCCCCC3)[C@H](O)C2)cc1. The van der Waals surface area contributed by atoms with Crippen molar-refractivity contribution in [2.24, 2.45) is 0 Å². The van der Waals surface area contributed by atoms with Crippen molar-refractivity contribution in [1.29, 1.82) is 0 Å². The van der Waals surface area contributed by atoms with E-state index in [1.54, 1.807) is 7.11 Å². The lowest BCUT2D eigenvalue weighted by Crippen LogP contribution is -2.54. The number of aromatic amines is 1. The Labute approximate surface area is 167 Å². The van der Waals surface area contributed by atoms with Crippen LogP contribution in [0.2, 0.25) is 0 Å². The molecule has 0 unspecified atom stereocenters. The van der Waals surface area contributed by atoms with E-state index in [9.17, 15) is 5.11 Å². The predicted octanol–water partition coefficient (Wildman–Crippen LogP) is 2.90. The van der Waals surface area contributed by atoms with Gasteiger partial charge < -0.3 is 9.84 Å². The molecule has 0 saturated carbocycles. The van der Waals surface area contributed by atoms with E-state index in [1.165, 1.54) is 31.2 Å². The topological polar surface area (TPSA) is 64.6 Å². The fourth-order valence-corrected chi connectivity index (χ4v) is 4.66. The number of nitrogens with one attached hydrogen (secondary N) is 1. The van der Waals surface area contributed by atoms with Crippen LogP contribution < -0.4 is 4.74 Å². The van der Waals surface area contributed by atoms with Gasteiger partial charge in [-0.2, -0.15) is 5.10 Å². The second-order valence-electron chi connectivity index (χ2n) is 8.11. The number of β-amino-alcohol motifs (C(OH)–C–C–N with tert-alkyl or cyclic N) is 1. The van der Waals surface area contributed by atoms with E-state index in [2.05, 4.69) is 32.1 Å². The average molecular weight is 385 g/mol. The standard InChI is InChI=1S/C22H32N4O2/c1-28-19-8-6-17(7-9-19)22-18(14-23-24-22)15-25-13-10-20(21(27)16-25)26-11-4-2-3-5-12-26/h6-9,14,20-21,27H,2-5,10-13,15-16H2,1H3,(H,23,24)/t20-,21-/m1/s1. The Hall–Kier alpha value is -1.89. The Balaban J connectivity index is 1.39. The lowest BCUT2D eigenvalue weighted by Gasteiger charge is -2.41. The van der Waals surface area contributed by atoms with Gasteiger partial charge in [0.2, 0.25) is 0 Å². The number of nitrogens with zero attached hydrogens (tertiary/aromatic N) is 3. The van der Waals surface area contributed by atoms with Crippen LogP contribution in [0.3, 0.4) is 0 Å². The van der Waals surface area contributed by atoms with Crippen LogP contribution in [0.1, 0.15) is 37.7 Å². The highest BCUT2D eigenvalue weighted by Crippen LogP contribution is 2.27. The molecule has 2 saturated heterocycles. The molecule has 2 N–H and O–H groups in total. The third-order valence-corrected chi connectivity index (χ3v) is 6.23. The van der Waals surface area contributed by atoms with Crippen LogP contribution in [0.4, 0.5) is 0 Å². The number of rotatable bonds is 5. The maximum absolute atomic E-state index is 10.8. The predicted molar refractivity (Wildman–Crippen MR) is 110 cm³/mol. The van der Waals surface area contributed by atoms with Crippen molar-refractivity contribution in [3.63, 3.8) is 0 Å². The molecule has 4 rings (SSSR count). The number of aliphatic hydroxyl groups is 1. The third kappa shape index (κ3) is 4.40. The minimum atomic E-state index is -0.275. The molecule has 0 aliphatic carbocycles. The van der Waals surface area contributed by atoms with Crippen molar-refractivity contribution in [1.82, 2.24) is 20.0 Å². The smallest absolute Gasteiger partial charge is 0.118 e. The van der Waals surface area contributed by atoms with Gasteiger partial charge in [0.1, 0.15) is 5.75 Å². The largest absolute Gasteiger partial charge is 0.497 e. The molecular formula is C22H32N4O2. The van der Waals surface area contributed by atoms with Gasteiger partial charge >= 0.3 is 0 Å². The average Bonchev–Trinajstić information content (AvgIpc) is 3.00. The number of ether oxygens (including phenoxy) is 1. The fraction of sp³-hybridized carbons (Fsp3) is 0.591. The maximum Gasteiger partial charge on any atom is 0.118 e. The number of benzene rings is 1. The molecule has 0 spiro atoms. The maximum atomic E-state index is 10.8. The zero-order valence-electron chi connectivity index (χ0n) is 16.8. The van der Waals surface area contributed by atoms with E-state index in [0.717, 1.165) is 56.2 Å². The molecular weight excluding hydrogens is 352 g/mol. The number of aromatic nitrogens is 2. The molecule has 2 aliphatic heterocycles. The Bertz CT molecular complexity index is 737. The Morgan fingerprint density at radius 2 is 1.86 bits per heavy atom. The monoisotopic (exact) mass is 384 g/mol. The van der Waals surface area contributed by atoms with Crippen LogP contribution in [0.15, 0.2) is 30.5 Å². The van der Waals surface area contributed by atoms with Crippen molar-refractivity contribution in [3.05, 3.63) is 36.0 Å². The molecule has 2 fully saturated rings. The summed E-state index contributed by atoms with van der Waals surface area (Å²) in [5.41, 5.74) is 3.32. The van der Waals surface area contributed by atoms with Crippen LogP contribution >= 0.6 is 0 Å². The lowest BCUT2D eigenvalue weighted by molar-refractivity contribution is -0.0143. The summed E-state index contributed by atoms with van der Waals surface area (Å²) in [5.74, 6) is 0.850. The highest BCUT2D eigenvalue weighted by Gasteiger charge is 2.32. The van der Waals surface area contributed by atoms with Crippen LogP contribution in [0.5, 0.6) is 5.75 Å². The summed E-state index contributed by atoms with van der Waals surface area (Å²) >= 11 is 0. The number of H-pyrrole nitrogens is 1. The first-order chi connectivity index (χ1) is 13.7. The highest BCUT2D eigenvalue weighted by atomic mass is 16.5. The molecule has 2 atom stereocenters. The third-order valence-electron chi connectivity index (χ3n) is 6.23. The fourth-order valence-electron chi connectivity index (χ4n) is 4.66. The number of hydrogen-bond donors (Lipinski definition) is 2. The normalized spacial score (nSPS) is 24.8. The number of methoxy groups -OCH3 is 1. The summed E-state index contributed by atoms with van der Waals surface area (Å²) in [5, 5.41) is 18.2. The van der Waals surface area contributed by atoms with Gasteiger partial charge in [0, 0.05) is 36.8 Å². The highest BCUT2D eigenvalue weighted by molar-refractivity contribution is 5.63. The van der Waals surface area contributed by atoms with Crippen molar-refractivity contribution < 1.29 is 9.84 Å². The molecule has 1 aromatic carbocycles. The summed E-state index contributed by atoms with van der Waals surface area (Å²) in [6, 6.07) is 8.36. The quantitative estimate of drug-likeness (QED) is 0.830. The van der Waals surface area contributed by atoms with Crippen LogP contribution in [-0.4, -0.2) is 70.5 Å². The van der Waals surface area contributed by atoms with E-state index in [0.29, 0.717) is 6.04 Å². The van der Waals surface area contributed by atoms with E-state index < -0.39 is 0 Å². The summed E-state index contributed by atoms with van der Waals surface area (Å²) in [6.45, 7) is 4.84. The first-order valence-corrected chi connectivity index (χ1v) is 10.6. The molecule has 0 amide bonds. The summed E-state index contributed by atoms with van der Waals surface area (Å²) in [4.78, 5) is 4.90. The number of hydrogen-bond acceptors (Lipinski definition) is 5. The van der Waals surface area contributed by atoms with Crippen LogP contribution in [-0.2, 0) is 6.54 Å². The second-order valence-corrected chi connectivity index (χ2v) is 8.11. The number of aliphatic hydroxyl groups excluding tert-OH is 1. The zero-order valence-corrected chi connectivity index (χ0v) is 16.8. The van der Waals surface area contributed by atoms with Gasteiger partial charge in [0.15, 0.2) is 0 Å². The Morgan fingerprint density at radius 1 is 1.11 bits per heavy atom. The van der Waals surface area contributed by atoms with Crippen molar-refractivity contribution in [2.45, 2.75) is 50.8 Å². The van der Waals surface area contributed by atoms with Gasteiger partial charge in [-0.3, -0.25) is 14.9 Å². The van der Waals surface area contributed by atoms with Gasteiger partial charge in [0.25, 0.3) is 0 Å². The van der Waals surface area contributed by atoms with Crippen LogP contribution in [0, 0.1) is 0 Å². The molecule has 0 radical (unpaired) electrons. The van der Waals surface area contributed by atoms with Crippen molar-refractivity contribution >= 4 is 0 Å². The number of likely N-dealkylation sites (tertiary alicyclic amines) is 2. The molecule has 1 aromatic heterocycles. The first-order valence-electron chi connectivity index (χ1n) is 10.6. The van der Waals surface area contributed by atoms with Gasteiger partial charge in [-0.1, -0.05) is 12.8 Å². The van der Waals surface area contributed by atoms with E-state index >= 15 is 0 Å². The van der Waals surface area contributed by atoms with Gasteiger partial charge in [0.05, 0.1) is 25.1 Å². The zero-order chi connectivity index (χ0) is 19.3. The molecule has 3 heterocycles. The molecule has 6 heteroatoms. The molecule has 28 heavy (non-hydrogen) atoms. The molecule has 2 aliphatic rings. The molecule has 2 aromatic rings. The van der Waals surface area contributed by atoms with Gasteiger partial charge in [-0.05, 0) is 56.6 Å². The summed E-state index contributed by atoms with van der Waals surface area (Å²) < 4.78 is 5.25. The molecule has 0 bridgehead atoms. The van der Waals surface area contributed by atoms with Gasteiger partial charge in [-0.25, -0.2) is 0 Å². The minimum absolute atomic E-state index is 0.275. The van der Waals surface area contributed by atoms with Gasteiger partial charge in [-0.15, -0.1) is 0 Å². The van der Waals surface area contributed by atoms with Crippen LogP contribution in [0.25, 0.3) is 11.3 Å². The summed E-state index contributed by atoms with van der Waals surface area (Å²) in [6.07, 6.45) is 7.88. The molecule has 6 nitrogen and oxygen atoms in total. The second kappa shape index (κ2) is 9.07. The van der Waals surface area contributed by atoms with Crippen molar-refractivity contribution in [2.75, 3.05) is 33.3 Å². The number of piperidine rings is 1. The Morgan fingerprint density at radius 3 is 2.54 bits per heavy atom. The Kier molecular flexibility index (Phi) is 6.29. The minimum Gasteiger partial charge on any atom is -0.497 e. The summed E-state index contributed by atoms with van der Waals surface area (Å²) in [7, 11) is 1.68. The van der Waals surface area contributed by atoms with E-state index in [4.69, 9.17) is 4.74 Å². The lowest BCUT2D eigenvalue weighted by atomic mass is 9.98. The molecule has 152 valence electrons. The first kappa shape index (κ1) is 19.4. The van der Waals surface area contributed by atoms with Crippen molar-refractivity contribution in [3.8, 4) is 17.0 Å². The van der Waals surface area contributed by atoms with E-state index in [1.807, 2.05) is 18.3 Å².